The third kappa shape index (κ3) is 5.14. The van der Waals surface area contributed by atoms with Crippen LogP contribution >= 0.6 is 0 Å². The summed E-state index contributed by atoms with van der Waals surface area (Å²) in [6.45, 7) is 2.59. The van der Waals surface area contributed by atoms with Crippen molar-refractivity contribution in [1.29, 1.82) is 0 Å². The fraction of sp³-hybridized carbons (Fsp3) is 0.263. The van der Waals surface area contributed by atoms with E-state index in [-0.39, 0.29) is 18.0 Å². The largest absolute Gasteiger partial charge is 0.352 e. The number of hydrogen-bond acceptors (Lipinski definition) is 4. The highest BCUT2D eigenvalue weighted by Crippen LogP contribution is 2.20. The zero-order valence-corrected chi connectivity index (χ0v) is 14.5. The van der Waals surface area contributed by atoms with Crippen LogP contribution in [0.25, 0.3) is 0 Å². The number of nitrogens with one attached hydrogen (secondary N) is 2. The van der Waals surface area contributed by atoms with Crippen molar-refractivity contribution in [2.45, 2.75) is 26.2 Å². The lowest BCUT2D eigenvalue weighted by atomic mass is 10.1. The Balaban J connectivity index is 2.10. The van der Waals surface area contributed by atoms with Crippen molar-refractivity contribution in [3.05, 3.63) is 69.8 Å². The second-order valence-electron chi connectivity index (χ2n) is 5.77. The van der Waals surface area contributed by atoms with Crippen LogP contribution in [-0.4, -0.2) is 23.3 Å². The quantitative estimate of drug-likeness (QED) is 0.431. The topological polar surface area (TPSA) is 101 Å². The molecule has 0 aromatic heterocycles. The van der Waals surface area contributed by atoms with Crippen LogP contribution in [0.2, 0.25) is 0 Å². The van der Waals surface area contributed by atoms with E-state index in [1.54, 1.807) is 42.5 Å². The van der Waals surface area contributed by atoms with Crippen molar-refractivity contribution >= 4 is 23.2 Å². The second kappa shape index (κ2) is 9.31. The maximum Gasteiger partial charge on any atom is 0.273 e. The Labute approximate surface area is 151 Å². The zero-order valence-electron chi connectivity index (χ0n) is 14.5. The van der Waals surface area contributed by atoms with Crippen molar-refractivity contribution in [3.8, 4) is 0 Å². The van der Waals surface area contributed by atoms with Crippen LogP contribution in [-0.2, 0) is 11.2 Å². The van der Waals surface area contributed by atoms with E-state index in [0.29, 0.717) is 23.4 Å². The third-order valence-electron chi connectivity index (χ3n) is 3.80. The van der Waals surface area contributed by atoms with Gasteiger partial charge in [0, 0.05) is 18.2 Å². The molecule has 0 atom stereocenters. The van der Waals surface area contributed by atoms with Gasteiger partial charge < -0.3 is 10.6 Å². The van der Waals surface area contributed by atoms with Crippen molar-refractivity contribution in [2.75, 3.05) is 11.9 Å². The first-order chi connectivity index (χ1) is 12.5. The molecule has 0 fully saturated rings. The summed E-state index contributed by atoms with van der Waals surface area (Å²) < 4.78 is 0. The predicted octanol–water partition coefficient (Wildman–Crippen LogP) is 3.31. The fourth-order valence-corrected chi connectivity index (χ4v) is 2.47. The molecule has 0 unspecified atom stereocenters. The molecule has 0 saturated heterocycles. The molecule has 0 aliphatic rings. The van der Waals surface area contributed by atoms with Crippen molar-refractivity contribution < 1.29 is 14.5 Å². The summed E-state index contributed by atoms with van der Waals surface area (Å²) >= 11 is 0. The summed E-state index contributed by atoms with van der Waals surface area (Å²) in [5.41, 5.74) is 0.956. The van der Waals surface area contributed by atoms with Gasteiger partial charge in [0.2, 0.25) is 5.91 Å². The lowest BCUT2D eigenvalue weighted by Crippen LogP contribution is -2.26. The molecule has 2 N–H and O–H groups in total. The smallest absolute Gasteiger partial charge is 0.273 e. The highest BCUT2D eigenvalue weighted by atomic mass is 16.6. The average Bonchev–Trinajstić information content (AvgIpc) is 2.62. The summed E-state index contributed by atoms with van der Waals surface area (Å²) in [6, 6.07) is 12.8. The predicted molar refractivity (Wildman–Crippen MR) is 99.1 cm³/mol. The molecule has 0 aliphatic carbocycles. The minimum atomic E-state index is -0.516. The van der Waals surface area contributed by atoms with Crippen molar-refractivity contribution in [1.82, 2.24) is 5.32 Å². The number of carbonyl (C=O) groups excluding carboxylic acids is 2. The lowest BCUT2D eigenvalue weighted by molar-refractivity contribution is -0.385. The molecule has 0 spiro atoms. The van der Waals surface area contributed by atoms with Crippen LogP contribution in [0, 0.1) is 10.1 Å². The third-order valence-corrected chi connectivity index (χ3v) is 3.80. The maximum atomic E-state index is 12.3. The molecule has 2 aromatic rings. The molecular formula is C19H21N3O4. The first kappa shape index (κ1) is 19.1. The minimum Gasteiger partial charge on any atom is -0.352 e. The van der Waals surface area contributed by atoms with Gasteiger partial charge in [0.05, 0.1) is 22.6 Å². The Hall–Kier alpha value is -3.22. The Morgan fingerprint density at radius 3 is 2.50 bits per heavy atom. The first-order valence-corrected chi connectivity index (χ1v) is 8.42. The molecular weight excluding hydrogens is 334 g/mol. The van der Waals surface area contributed by atoms with Gasteiger partial charge in [0.1, 0.15) is 0 Å². The van der Waals surface area contributed by atoms with E-state index in [2.05, 4.69) is 10.6 Å². The standard InChI is InChI=1S/C19H21N3O4/c1-2-3-12-20-19(24)15-9-5-6-10-16(15)21-18(23)13-14-8-4-7-11-17(14)22(25)26/h4-11H,2-3,12-13H2,1H3,(H,20,24)(H,21,23). The van der Waals surface area contributed by atoms with Gasteiger partial charge in [0.25, 0.3) is 11.6 Å². The number of hydrogen-bond donors (Lipinski definition) is 2. The molecule has 2 rings (SSSR count). The molecule has 2 aromatic carbocycles. The van der Waals surface area contributed by atoms with E-state index < -0.39 is 10.8 Å². The number of nitrogens with zero attached hydrogens (tertiary/aromatic N) is 1. The first-order valence-electron chi connectivity index (χ1n) is 8.42. The number of unbranched alkanes of at least 4 members (excludes halogenated alkanes) is 1. The molecule has 0 bridgehead atoms. The summed E-state index contributed by atoms with van der Waals surface area (Å²) in [5.74, 6) is -0.687. The monoisotopic (exact) mass is 355 g/mol. The van der Waals surface area contributed by atoms with Gasteiger partial charge in [-0.25, -0.2) is 0 Å². The van der Waals surface area contributed by atoms with E-state index in [4.69, 9.17) is 0 Å². The Morgan fingerprint density at radius 2 is 1.77 bits per heavy atom. The minimum absolute atomic E-state index is 0.103. The number of rotatable bonds is 8. The number of amides is 2. The van der Waals surface area contributed by atoms with E-state index >= 15 is 0 Å². The zero-order chi connectivity index (χ0) is 18.9. The van der Waals surface area contributed by atoms with Gasteiger partial charge in [0.15, 0.2) is 0 Å². The van der Waals surface area contributed by atoms with E-state index in [1.165, 1.54) is 6.07 Å². The summed E-state index contributed by atoms with van der Waals surface area (Å²) in [5, 5.41) is 16.5. The van der Waals surface area contributed by atoms with Gasteiger partial charge >= 0.3 is 0 Å². The van der Waals surface area contributed by atoms with Crippen LogP contribution in [0.15, 0.2) is 48.5 Å². The molecule has 7 nitrogen and oxygen atoms in total. The molecule has 26 heavy (non-hydrogen) atoms. The molecule has 0 saturated carbocycles. The summed E-state index contributed by atoms with van der Waals surface area (Å²) in [4.78, 5) is 35.1. The number of para-hydroxylation sites is 2. The maximum absolute atomic E-state index is 12.3. The van der Waals surface area contributed by atoms with Crippen LogP contribution < -0.4 is 10.6 Å². The number of nitro benzene ring substituents is 1. The Morgan fingerprint density at radius 1 is 1.08 bits per heavy atom. The molecule has 136 valence electrons. The van der Waals surface area contributed by atoms with Gasteiger partial charge in [-0.2, -0.15) is 0 Å². The lowest BCUT2D eigenvalue weighted by Gasteiger charge is -2.11. The summed E-state index contributed by atoms with van der Waals surface area (Å²) in [7, 11) is 0. The second-order valence-corrected chi connectivity index (χ2v) is 5.77. The number of benzene rings is 2. The Kier molecular flexibility index (Phi) is 6.84. The number of nitro groups is 1. The van der Waals surface area contributed by atoms with Gasteiger partial charge in [-0.1, -0.05) is 43.7 Å². The van der Waals surface area contributed by atoms with Crippen LogP contribution in [0.3, 0.4) is 0 Å². The van der Waals surface area contributed by atoms with Crippen molar-refractivity contribution in [3.63, 3.8) is 0 Å². The molecule has 2 amide bonds. The molecule has 0 aliphatic heterocycles. The van der Waals surface area contributed by atoms with Crippen LogP contribution in [0.1, 0.15) is 35.7 Å². The number of carbonyl (C=O) groups is 2. The Bertz CT molecular complexity index is 805. The summed E-state index contributed by atoms with van der Waals surface area (Å²) in [6.07, 6.45) is 1.69. The number of anilines is 1. The molecule has 0 radical (unpaired) electrons. The highest BCUT2D eigenvalue weighted by Gasteiger charge is 2.17. The van der Waals surface area contributed by atoms with E-state index in [1.807, 2.05) is 6.92 Å². The van der Waals surface area contributed by atoms with Gasteiger partial charge in [-0.05, 0) is 18.6 Å². The molecule has 7 heteroatoms. The van der Waals surface area contributed by atoms with E-state index in [9.17, 15) is 19.7 Å². The van der Waals surface area contributed by atoms with E-state index in [0.717, 1.165) is 12.8 Å². The normalized spacial score (nSPS) is 10.2. The highest BCUT2D eigenvalue weighted by molar-refractivity contribution is 6.04. The van der Waals surface area contributed by atoms with Gasteiger partial charge in [-0.3, -0.25) is 19.7 Å². The SMILES string of the molecule is CCCCNC(=O)c1ccccc1NC(=O)Cc1ccccc1[N+](=O)[O-]. The van der Waals surface area contributed by atoms with Crippen molar-refractivity contribution in [2.24, 2.45) is 0 Å². The fourth-order valence-electron chi connectivity index (χ4n) is 2.47. The van der Waals surface area contributed by atoms with Crippen LogP contribution in [0.4, 0.5) is 11.4 Å². The van der Waals surface area contributed by atoms with Gasteiger partial charge in [-0.15, -0.1) is 0 Å². The average molecular weight is 355 g/mol. The molecule has 0 heterocycles. The van der Waals surface area contributed by atoms with Crippen LogP contribution in [0.5, 0.6) is 0 Å².